The Morgan fingerprint density at radius 3 is 2.69 bits per heavy atom. The average molecular weight is 233 g/mol. The van der Waals surface area contributed by atoms with Gasteiger partial charge < -0.3 is 5.32 Å². The summed E-state index contributed by atoms with van der Waals surface area (Å²) in [5.74, 6) is 0. The lowest BCUT2D eigenvalue weighted by Crippen LogP contribution is -2.27. The highest BCUT2D eigenvalue weighted by molar-refractivity contribution is 7.09. The van der Waals surface area contributed by atoms with Gasteiger partial charge >= 0.3 is 0 Å². The second-order valence-electron chi connectivity index (χ2n) is 4.27. The molecular formula is C12H15N3S. The first kappa shape index (κ1) is 11.1. The largest absolute Gasteiger partial charge is 0.374 e. The van der Waals surface area contributed by atoms with Crippen molar-refractivity contribution in [2.24, 2.45) is 0 Å². The van der Waals surface area contributed by atoms with E-state index in [0.717, 1.165) is 16.4 Å². The molecule has 4 heteroatoms. The van der Waals surface area contributed by atoms with Crippen LogP contribution in [0.2, 0.25) is 0 Å². The molecule has 0 fully saturated rings. The molecule has 0 aliphatic carbocycles. The number of hydrogen-bond donors (Lipinski definition) is 1. The first-order chi connectivity index (χ1) is 7.58. The van der Waals surface area contributed by atoms with E-state index in [0.29, 0.717) is 0 Å². The van der Waals surface area contributed by atoms with E-state index in [1.165, 1.54) is 0 Å². The minimum Gasteiger partial charge on any atom is -0.374 e. The SMILES string of the molecule is Cc1cc(NC(C)(C)c2nccs2)ccn1. The minimum atomic E-state index is -0.151. The van der Waals surface area contributed by atoms with Crippen LogP contribution in [-0.2, 0) is 5.54 Å². The number of nitrogens with one attached hydrogen (secondary N) is 1. The van der Waals surface area contributed by atoms with E-state index in [9.17, 15) is 0 Å². The Balaban J connectivity index is 2.21. The van der Waals surface area contributed by atoms with Crippen LogP contribution >= 0.6 is 11.3 Å². The van der Waals surface area contributed by atoms with Crippen LogP contribution in [0.3, 0.4) is 0 Å². The van der Waals surface area contributed by atoms with Crippen molar-refractivity contribution in [2.75, 3.05) is 5.32 Å². The van der Waals surface area contributed by atoms with Crippen molar-refractivity contribution in [3.8, 4) is 0 Å². The molecule has 0 unspecified atom stereocenters. The van der Waals surface area contributed by atoms with E-state index >= 15 is 0 Å². The van der Waals surface area contributed by atoms with Crippen molar-refractivity contribution >= 4 is 17.0 Å². The number of pyridine rings is 1. The van der Waals surface area contributed by atoms with Crippen LogP contribution in [0, 0.1) is 6.92 Å². The van der Waals surface area contributed by atoms with Crippen molar-refractivity contribution in [3.05, 3.63) is 40.6 Å². The summed E-state index contributed by atoms with van der Waals surface area (Å²) in [5.41, 5.74) is 1.94. The van der Waals surface area contributed by atoms with Crippen molar-refractivity contribution in [1.82, 2.24) is 9.97 Å². The van der Waals surface area contributed by atoms with E-state index in [1.54, 1.807) is 11.3 Å². The summed E-state index contributed by atoms with van der Waals surface area (Å²) in [4.78, 5) is 8.53. The lowest BCUT2D eigenvalue weighted by atomic mass is 10.1. The number of aromatic nitrogens is 2. The van der Waals surface area contributed by atoms with Gasteiger partial charge in [0.05, 0.1) is 5.54 Å². The molecule has 0 bridgehead atoms. The number of anilines is 1. The smallest absolute Gasteiger partial charge is 0.117 e. The Kier molecular flexibility index (Phi) is 2.92. The molecule has 1 N–H and O–H groups in total. The molecular weight excluding hydrogens is 218 g/mol. The lowest BCUT2D eigenvalue weighted by Gasteiger charge is -2.25. The number of nitrogens with zero attached hydrogens (tertiary/aromatic N) is 2. The quantitative estimate of drug-likeness (QED) is 0.884. The Morgan fingerprint density at radius 2 is 2.06 bits per heavy atom. The van der Waals surface area contributed by atoms with Gasteiger partial charge in [0, 0.05) is 29.2 Å². The molecule has 2 rings (SSSR count). The fraction of sp³-hybridized carbons (Fsp3) is 0.333. The standard InChI is InChI=1S/C12H15N3S/c1-9-8-10(4-5-13-9)15-12(2,3)11-14-6-7-16-11/h4-8H,1-3H3,(H,13,15). The zero-order chi connectivity index (χ0) is 11.6. The third-order valence-corrected chi connectivity index (χ3v) is 3.42. The summed E-state index contributed by atoms with van der Waals surface area (Å²) >= 11 is 1.66. The summed E-state index contributed by atoms with van der Waals surface area (Å²) in [7, 11) is 0. The Morgan fingerprint density at radius 1 is 1.25 bits per heavy atom. The van der Waals surface area contributed by atoms with Gasteiger partial charge in [0.1, 0.15) is 5.01 Å². The number of hydrogen-bond acceptors (Lipinski definition) is 4. The van der Waals surface area contributed by atoms with Crippen LogP contribution in [-0.4, -0.2) is 9.97 Å². The zero-order valence-electron chi connectivity index (χ0n) is 9.69. The summed E-state index contributed by atoms with van der Waals surface area (Å²) < 4.78 is 0. The molecule has 0 aliphatic rings. The van der Waals surface area contributed by atoms with Crippen LogP contribution in [0.1, 0.15) is 24.5 Å². The van der Waals surface area contributed by atoms with Gasteiger partial charge in [-0.1, -0.05) is 0 Å². The second-order valence-corrected chi connectivity index (χ2v) is 5.17. The van der Waals surface area contributed by atoms with Crippen LogP contribution in [0.5, 0.6) is 0 Å². The monoisotopic (exact) mass is 233 g/mol. The normalized spacial score (nSPS) is 11.4. The molecule has 2 heterocycles. The van der Waals surface area contributed by atoms with Gasteiger partial charge in [0.15, 0.2) is 0 Å². The predicted molar refractivity (Wildman–Crippen MR) is 67.7 cm³/mol. The Hall–Kier alpha value is -1.42. The molecule has 84 valence electrons. The molecule has 0 spiro atoms. The highest BCUT2D eigenvalue weighted by Gasteiger charge is 2.22. The molecule has 0 radical (unpaired) electrons. The van der Waals surface area contributed by atoms with Crippen molar-refractivity contribution in [2.45, 2.75) is 26.3 Å². The first-order valence-corrected chi connectivity index (χ1v) is 6.07. The fourth-order valence-electron chi connectivity index (χ4n) is 1.57. The molecule has 2 aromatic heterocycles. The predicted octanol–water partition coefficient (Wildman–Crippen LogP) is 3.19. The summed E-state index contributed by atoms with van der Waals surface area (Å²) in [5, 5.41) is 6.55. The van der Waals surface area contributed by atoms with Gasteiger partial charge in [0.2, 0.25) is 0 Å². The molecule has 0 atom stereocenters. The third kappa shape index (κ3) is 2.39. The molecule has 16 heavy (non-hydrogen) atoms. The van der Waals surface area contributed by atoms with Gasteiger partial charge in [-0.2, -0.15) is 0 Å². The lowest BCUT2D eigenvalue weighted by molar-refractivity contribution is 0.604. The van der Waals surface area contributed by atoms with Gasteiger partial charge in [-0.3, -0.25) is 4.98 Å². The first-order valence-electron chi connectivity index (χ1n) is 5.19. The highest BCUT2D eigenvalue weighted by Crippen LogP contribution is 2.26. The zero-order valence-corrected chi connectivity index (χ0v) is 10.5. The maximum Gasteiger partial charge on any atom is 0.117 e. The van der Waals surface area contributed by atoms with Crippen LogP contribution in [0.25, 0.3) is 0 Å². The van der Waals surface area contributed by atoms with E-state index < -0.39 is 0 Å². The summed E-state index contributed by atoms with van der Waals surface area (Å²) in [6.45, 7) is 6.24. The highest BCUT2D eigenvalue weighted by atomic mass is 32.1. The third-order valence-electron chi connectivity index (χ3n) is 2.32. The fourth-order valence-corrected chi connectivity index (χ4v) is 2.29. The Bertz CT molecular complexity index is 463. The minimum absolute atomic E-state index is 0.151. The van der Waals surface area contributed by atoms with E-state index in [-0.39, 0.29) is 5.54 Å². The molecule has 0 aliphatic heterocycles. The maximum absolute atomic E-state index is 4.35. The molecule has 0 amide bonds. The van der Waals surface area contributed by atoms with Crippen molar-refractivity contribution in [3.63, 3.8) is 0 Å². The van der Waals surface area contributed by atoms with Crippen LogP contribution in [0.15, 0.2) is 29.9 Å². The summed E-state index contributed by atoms with van der Waals surface area (Å²) in [6, 6.07) is 4.01. The molecule has 0 aromatic carbocycles. The van der Waals surface area contributed by atoms with E-state index in [4.69, 9.17) is 0 Å². The topological polar surface area (TPSA) is 37.8 Å². The number of aryl methyl sites for hydroxylation is 1. The molecule has 0 saturated carbocycles. The average Bonchev–Trinajstić information content (AvgIpc) is 2.69. The molecule has 3 nitrogen and oxygen atoms in total. The van der Waals surface area contributed by atoms with Crippen molar-refractivity contribution < 1.29 is 0 Å². The van der Waals surface area contributed by atoms with Gasteiger partial charge in [-0.25, -0.2) is 4.98 Å². The number of thiazole rings is 1. The van der Waals surface area contributed by atoms with E-state index in [2.05, 4.69) is 29.1 Å². The van der Waals surface area contributed by atoms with E-state index in [1.807, 2.05) is 36.8 Å². The van der Waals surface area contributed by atoms with Gasteiger partial charge in [-0.15, -0.1) is 11.3 Å². The van der Waals surface area contributed by atoms with Gasteiger partial charge in [-0.05, 0) is 32.9 Å². The van der Waals surface area contributed by atoms with Crippen molar-refractivity contribution in [1.29, 1.82) is 0 Å². The van der Waals surface area contributed by atoms with Crippen LogP contribution < -0.4 is 5.32 Å². The maximum atomic E-state index is 4.35. The molecule has 2 aromatic rings. The van der Waals surface area contributed by atoms with Gasteiger partial charge in [0.25, 0.3) is 0 Å². The van der Waals surface area contributed by atoms with Crippen LogP contribution in [0.4, 0.5) is 5.69 Å². The summed E-state index contributed by atoms with van der Waals surface area (Å²) in [6.07, 6.45) is 3.65. The Labute approximate surface area is 99.6 Å². The second kappa shape index (κ2) is 4.22. The molecule has 0 saturated heterocycles. The number of rotatable bonds is 3.